The van der Waals surface area contributed by atoms with Crippen molar-refractivity contribution in [1.82, 2.24) is 21.3 Å². The van der Waals surface area contributed by atoms with Crippen LogP contribution in [0.1, 0.15) is 84.1 Å². The van der Waals surface area contributed by atoms with E-state index in [0.717, 1.165) is 13.8 Å². The third-order valence-corrected chi connectivity index (χ3v) is 1.60. The van der Waals surface area contributed by atoms with E-state index in [1.54, 1.807) is 28.2 Å². The molecule has 0 heterocycles. The Labute approximate surface area is 369 Å². The Morgan fingerprint density at radius 2 is 0.522 bits per heavy atom. The molecule has 275 valence electrons. The first-order chi connectivity index (χ1) is 18.4. The van der Waals surface area contributed by atoms with Crippen molar-refractivity contribution in [3.05, 3.63) is 0 Å². The van der Waals surface area contributed by atoms with Gasteiger partial charge in [0.1, 0.15) is 0 Å². The molecule has 0 aromatic rings. The van der Waals surface area contributed by atoms with Crippen molar-refractivity contribution in [3.63, 3.8) is 0 Å². The Morgan fingerprint density at radius 3 is 0.522 bits per heavy atom. The number of hydrogen-bond acceptors (Lipinski definition) is 10. The van der Waals surface area contributed by atoms with Crippen LogP contribution in [0.3, 0.4) is 0 Å². The van der Waals surface area contributed by atoms with E-state index in [1.165, 1.54) is 41.9 Å². The van der Waals surface area contributed by atoms with Crippen LogP contribution in [-0.2, 0) is 167 Å². The van der Waals surface area contributed by atoms with Gasteiger partial charge in [0, 0.05) is 189 Å². The van der Waals surface area contributed by atoms with E-state index in [2.05, 4.69) is 30.7 Å². The SMILES string of the molecule is C.C.CC.CC.CC(=O)O.CC(=O)O.CNC(C)=O.CNC(C)=O.CNC(C)=O.CNC(C)=O.COC=O.COC=O.[W].[Y].[Y].[Y]. The second kappa shape index (κ2) is 129. The van der Waals surface area contributed by atoms with Gasteiger partial charge in [0.25, 0.3) is 24.9 Å². The minimum absolute atomic E-state index is 0. The monoisotopic (exact) mass is 1080 g/mol. The largest absolute Gasteiger partial charge is 0.481 e. The van der Waals surface area contributed by atoms with Crippen molar-refractivity contribution in [2.45, 2.75) is 84.1 Å². The van der Waals surface area contributed by atoms with Crippen LogP contribution < -0.4 is 21.3 Å². The van der Waals surface area contributed by atoms with E-state index in [9.17, 15) is 19.2 Å². The molecule has 0 atom stereocenters. The molecule has 0 unspecified atom stereocenters. The maximum atomic E-state index is 9.70. The van der Waals surface area contributed by atoms with Crippen molar-refractivity contribution in [2.24, 2.45) is 0 Å². The Bertz CT molecular complexity index is 500. The van der Waals surface area contributed by atoms with Gasteiger partial charge in [-0.05, 0) is 0 Å². The molecule has 0 saturated heterocycles. The van der Waals surface area contributed by atoms with Crippen LogP contribution in [0.5, 0.6) is 0 Å². The van der Waals surface area contributed by atoms with Crippen LogP contribution in [0.25, 0.3) is 0 Å². The number of methoxy groups -OCH3 is 2. The number of carbonyl (C=O) groups is 8. The molecule has 0 fully saturated rings. The number of amides is 4. The number of nitrogens with one attached hydrogen (secondary N) is 4. The van der Waals surface area contributed by atoms with E-state index in [-0.39, 0.29) is 158 Å². The quantitative estimate of drug-likeness (QED) is 0.218. The number of carboxylic acids is 2. The Balaban J connectivity index is -0.0000000155. The summed E-state index contributed by atoms with van der Waals surface area (Å²) in [6.45, 7) is 16.8. The normalized spacial score (nSPS) is 5.22. The van der Waals surface area contributed by atoms with Gasteiger partial charge in [0.15, 0.2) is 0 Å². The van der Waals surface area contributed by atoms with Gasteiger partial charge in [-0.25, -0.2) is 0 Å². The van der Waals surface area contributed by atoms with E-state index in [1.807, 2.05) is 27.7 Å². The first kappa shape index (κ1) is 104. The van der Waals surface area contributed by atoms with Crippen LogP contribution in [0.4, 0.5) is 0 Å². The van der Waals surface area contributed by atoms with E-state index in [4.69, 9.17) is 29.4 Å². The third-order valence-electron chi connectivity index (χ3n) is 1.60. The van der Waals surface area contributed by atoms with Crippen LogP contribution in [0.15, 0.2) is 0 Å². The molecule has 0 aliphatic rings. The molecule has 6 N–H and O–H groups in total. The van der Waals surface area contributed by atoms with Crippen LogP contribution in [0, 0.1) is 0 Å². The summed E-state index contributed by atoms with van der Waals surface area (Å²) in [4.78, 5) is 74.7. The maximum absolute atomic E-state index is 9.70. The molecule has 0 bridgehead atoms. The zero-order valence-electron chi connectivity index (χ0n) is 29.3. The minimum atomic E-state index is -0.833. The Hall–Kier alpha value is -0.240. The van der Waals surface area contributed by atoms with Crippen molar-refractivity contribution in [1.29, 1.82) is 0 Å². The summed E-state index contributed by atoms with van der Waals surface area (Å²) in [6.07, 6.45) is 0. The number of hydrogen-bond donors (Lipinski definition) is 6. The van der Waals surface area contributed by atoms with Gasteiger partial charge in [-0.2, -0.15) is 0 Å². The van der Waals surface area contributed by atoms with Gasteiger partial charge in [-0.1, -0.05) is 42.5 Å². The summed E-state index contributed by atoms with van der Waals surface area (Å²) >= 11 is 0. The number of ether oxygens (including phenoxy) is 2. The molecular formula is C26H64N4O12WY3. The molecule has 0 spiro atoms. The standard InChI is InChI=1S/4C3H7NO.4C2H4O2.2C2H6.2CH4.W.3Y/c4*1-3(5)4-2;2*1-4-2-3;2*1-2(3)4;2*1-2;;;;;;/h4*1-2H3,(H,4,5);2*2H,1H3;2*1H3,(H,3,4);2*1-2H3;2*1H4;;;;. The smallest absolute Gasteiger partial charge is 0.300 e. The summed E-state index contributed by atoms with van der Waals surface area (Å²) in [6, 6.07) is 0. The zero-order valence-corrected chi connectivity index (χ0v) is 40.7. The minimum Gasteiger partial charge on any atom is -0.481 e. The average Bonchev–Trinajstić information content (AvgIpc) is 2.91. The molecular weight excluding hydrogens is 1010 g/mol. The molecule has 46 heavy (non-hydrogen) atoms. The molecule has 0 aromatic carbocycles. The molecule has 0 aliphatic carbocycles. The number of aliphatic carboxylic acids is 2. The summed E-state index contributed by atoms with van der Waals surface area (Å²) in [5.74, 6) is -1.65. The number of carbonyl (C=O) groups excluding carboxylic acids is 6. The molecule has 16 nitrogen and oxygen atoms in total. The first-order valence-corrected chi connectivity index (χ1v) is 11.4. The number of rotatable bonds is 2. The summed E-state index contributed by atoms with van der Waals surface area (Å²) < 4.78 is 7.72. The van der Waals surface area contributed by atoms with Gasteiger partial charge in [0.2, 0.25) is 23.6 Å². The Morgan fingerprint density at radius 1 is 0.478 bits per heavy atom. The van der Waals surface area contributed by atoms with Gasteiger partial charge in [-0.3, -0.25) is 38.4 Å². The van der Waals surface area contributed by atoms with Crippen LogP contribution >= 0.6 is 0 Å². The molecule has 20 heteroatoms. The molecule has 3 radical (unpaired) electrons. The molecule has 0 rings (SSSR count). The summed E-state index contributed by atoms with van der Waals surface area (Å²) in [5.41, 5.74) is 0. The molecule has 0 aliphatic heterocycles. The van der Waals surface area contributed by atoms with Gasteiger partial charge < -0.3 is 41.0 Å². The second-order valence-corrected chi connectivity index (χ2v) is 4.93. The van der Waals surface area contributed by atoms with Crippen molar-refractivity contribution < 1.29 is 177 Å². The second-order valence-electron chi connectivity index (χ2n) is 4.93. The molecule has 0 saturated carbocycles. The zero-order chi connectivity index (χ0) is 35.1. The maximum Gasteiger partial charge on any atom is 0.300 e. The van der Waals surface area contributed by atoms with Gasteiger partial charge >= 0.3 is 0 Å². The van der Waals surface area contributed by atoms with Crippen molar-refractivity contribution in [2.75, 3.05) is 42.4 Å². The van der Waals surface area contributed by atoms with Crippen LogP contribution in [-0.4, -0.2) is 101 Å². The van der Waals surface area contributed by atoms with E-state index >= 15 is 0 Å². The van der Waals surface area contributed by atoms with Gasteiger partial charge in [-0.15, -0.1) is 0 Å². The third kappa shape index (κ3) is 840. The fourth-order valence-corrected chi connectivity index (χ4v) is 0. The first-order valence-electron chi connectivity index (χ1n) is 11.4. The average molecular weight is 1080 g/mol. The number of carboxylic acid groups (broad SMARTS) is 2. The predicted octanol–water partition coefficient (Wildman–Crippen LogP) is 2.08. The summed E-state index contributed by atoms with van der Waals surface area (Å²) in [5, 5.41) is 24.4. The van der Waals surface area contributed by atoms with Crippen molar-refractivity contribution in [3.8, 4) is 0 Å². The summed E-state index contributed by atoms with van der Waals surface area (Å²) in [7, 11) is 9.02. The molecule has 4 amide bonds. The van der Waals surface area contributed by atoms with E-state index < -0.39 is 11.9 Å². The topological polar surface area (TPSA) is 244 Å². The van der Waals surface area contributed by atoms with Gasteiger partial charge in [0.05, 0.1) is 14.2 Å². The van der Waals surface area contributed by atoms with Crippen LogP contribution in [0.2, 0.25) is 0 Å². The van der Waals surface area contributed by atoms with Crippen molar-refractivity contribution >= 4 is 48.5 Å². The Kier molecular flexibility index (Phi) is 291. The fourth-order valence-electron chi connectivity index (χ4n) is 0. The van der Waals surface area contributed by atoms with E-state index in [0.29, 0.717) is 12.9 Å². The fraction of sp³-hybridized carbons (Fsp3) is 0.692. The molecule has 0 aromatic heterocycles. The predicted molar refractivity (Wildman–Crippen MR) is 168 cm³/mol.